The lowest BCUT2D eigenvalue weighted by Crippen LogP contribution is -2.04. The Morgan fingerprint density at radius 1 is 0.882 bits per heavy atom. The molecule has 0 amide bonds. The summed E-state index contributed by atoms with van der Waals surface area (Å²) >= 11 is 0. The molecule has 0 spiro atoms. The molecule has 2 rings (SSSR count). The first-order chi connectivity index (χ1) is 8.08. The molecule has 1 nitrogen and oxygen atoms in total. The highest BCUT2D eigenvalue weighted by atomic mass is 16.1. The van der Waals surface area contributed by atoms with Gasteiger partial charge in [0, 0.05) is 11.1 Å². The van der Waals surface area contributed by atoms with Crippen molar-refractivity contribution in [2.24, 2.45) is 0 Å². The van der Waals surface area contributed by atoms with Crippen molar-refractivity contribution in [2.75, 3.05) is 0 Å². The maximum atomic E-state index is 12.4. The van der Waals surface area contributed by atoms with Crippen molar-refractivity contribution < 1.29 is 4.79 Å². The highest BCUT2D eigenvalue weighted by Gasteiger charge is 2.11. The van der Waals surface area contributed by atoms with Gasteiger partial charge < -0.3 is 0 Å². The fourth-order valence-electron chi connectivity index (χ4n) is 1.92. The van der Waals surface area contributed by atoms with Gasteiger partial charge in [-0.2, -0.15) is 0 Å². The van der Waals surface area contributed by atoms with Crippen LogP contribution in [0.2, 0.25) is 0 Å². The van der Waals surface area contributed by atoms with Crippen LogP contribution >= 0.6 is 0 Å². The molecule has 0 radical (unpaired) electrons. The lowest BCUT2D eigenvalue weighted by Gasteiger charge is -2.07. The Morgan fingerprint density at radius 2 is 1.59 bits per heavy atom. The maximum absolute atomic E-state index is 12.4. The Bertz CT molecular complexity index is 567. The smallest absolute Gasteiger partial charge is 0.193 e. The van der Waals surface area contributed by atoms with Gasteiger partial charge in [-0.1, -0.05) is 41.5 Å². The summed E-state index contributed by atoms with van der Waals surface area (Å²) in [4.78, 5) is 12.4. The molecule has 0 N–H and O–H groups in total. The van der Waals surface area contributed by atoms with E-state index in [0.717, 1.165) is 27.8 Å². The zero-order valence-electron chi connectivity index (χ0n) is 10.4. The molecule has 0 bridgehead atoms. The average Bonchev–Trinajstić information content (AvgIpc) is 2.31. The molecule has 2 aromatic rings. The van der Waals surface area contributed by atoms with Crippen LogP contribution in [-0.4, -0.2) is 5.78 Å². The van der Waals surface area contributed by atoms with E-state index in [2.05, 4.69) is 0 Å². The van der Waals surface area contributed by atoms with E-state index in [4.69, 9.17) is 0 Å². The zero-order chi connectivity index (χ0) is 12.4. The van der Waals surface area contributed by atoms with Crippen LogP contribution in [0.5, 0.6) is 0 Å². The van der Waals surface area contributed by atoms with Crippen molar-refractivity contribution in [3.63, 3.8) is 0 Å². The molecule has 0 aliphatic heterocycles. The van der Waals surface area contributed by atoms with Gasteiger partial charge in [0.25, 0.3) is 0 Å². The Morgan fingerprint density at radius 3 is 2.29 bits per heavy atom. The van der Waals surface area contributed by atoms with Gasteiger partial charge in [-0.05, 0) is 38.5 Å². The van der Waals surface area contributed by atoms with Crippen molar-refractivity contribution in [2.45, 2.75) is 20.8 Å². The van der Waals surface area contributed by atoms with Crippen molar-refractivity contribution in [1.29, 1.82) is 0 Å². The Kier molecular flexibility index (Phi) is 3.10. The average molecular weight is 224 g/mol. The van der Waals surface area contributed by atoms with E-state index in [-0.39, 0.29) is 5.78 Å². The normalized spacial score (nSPS) is 10.3. The fourth-order valence-corrected chi connectivity index (χ4v) is 1.92. The summed E-state index contributed by atoms with van der Waals surface area (Å²) in [5.74, 6) is 0.106. The third kappa shape index (κ3) is 2.44. The quantitative estimate of drug-likeness (QED) is 0.708. The second kappa shape index (κ2) is 4.54. The molecular weight excluding hydrogens is 208 g/mol. The summed E-state index contributed by atoms with van der Waals surface area (Å²) in [6.07, 6.45) is 0. The maximum Gasteiger partial charge on any atom is 0.193 e. The van der Waals surface area contributed by atoms with Gasteiger partial charge in [-0.3, -0.25) is 4.79 Å². The fraction of sp³-hybridized carbons (Fsp3) is 0.188. The predicted molar refractivity (Wildman–Crippen MR) is 70.5 cm³/mol. The van der Waals surface area contributed by atoms with Gasteiger partial charge in [0.1, 0.15) is 0 Å². The van der Waals surface area contributed by atoms with Crippen LogP contribution in [0.1, 0.15) is 32.6 Å². The molecule has 1 heteroatoms. The van der Waals surface area contributed by atoms with Gasteiger partial charge in [-0.25, -0.2) is 0 Å². The Hall–Kier alpha value is -1.89. The van der Waals surface area contributed by atoms with Crippen molar-refractivity contribution in [1.82, 2.24) is 0 Å². The second-order valence-electron chi connectivity index (χ2n) is 4.52. The third-order valence-electron chi connectivity index (χ3n) is 2.92. The number of ketones is 1. The van der Waals surface area contributed by atoms with Crippen LogP contribution in [0.4, 0.5) is 0 Å². The summed E-state index contributed by atoms with van der Waals surface area (Å²) in [6, 6.07) is 13.7. The number of carbonyl (C=O) groups excluding carboxylic acids is 1. The first-order valence-electron chi connectivity index (χ1n) is 5.76. The minimum atomic E-state index is 0.106. The number of carbonyl (C=O) groups is 1. The van der Waals surface area contributed by atoms with Gasteiger partial charge in [0.05, 0.1) is 0 Å². The molecule has 0 aromatic heterocycles. The molecule has 17 heavy (non-hydrogen) atoms. The van der Waals surface area contributed by atoms with E-state index < -0.39 is 0 Å². The van der Waals surface area contributed by atoms with Crippen molar-refractivity contribution in [3.8, 4) is 0 Å². The lowest BCUT2D eigenvalue weighted by atomic mass is 9.96. The summed E-state index contributed by atoms with van der Waals surface area (Å²) in [5, 5.41) is 0. The van der Waals surface area contributed by atoms with Crippen LogP contribution in [-0.2, 0) is 0 Å². The molecular formula is C16H16O. The summed E-state index contributed by atoms with van der Waals surface area (Å²) in [5.41, 5.74) is 4.82. The number of rotatable bonds is 2. The predicted octanol–water partition coefficient (Wildman–Crippen LogP) is 3.84. The van der Waals surface area contributed by atoms with Crippen LogP contribution < -0.4 is 0 Å². The largest absolute Gasteiger partial charge is 0.289 e. The number of hydrogen-bond acceptors (Lipinski definition) is 1. The Balaban J connectivity index is 2.47. The van der Waals surface area contributed by atoms with E-state index in [1.54, 1.807) is 0 Å². The van der Waals surface area contributed by atoms with Crippen molar-refractivity contribution >= 4 is 5.78 Å². The van der Waals surface area contributed by atoms with Gasteiger partial charge in [0.2, 0.25) is 0 Å². The minimum absolute atomic E-state index is 0.106. The summed E-state index contributed by atoms with van der Waals surface area (Å²) in [6.45, 7) is 5.98. The monoisotopic (exact) mass is 224 g/mol. The van der Waals surface area contributed by atoms with Crippen LogP contribution in [0.25, 0.3) is 0 Å². The SMILES string of the molecule is Cc1cccc(C(=O)c2cc(C)ccc2C)c1. The molecule has 0 atom stereocenters. The van der Waals surface area contributed by atoms with Gasteiger partial charge in [0.15, 0.2) is 5.78 Å². The molecule has 0 unspecified atom stereocenters. The highest BCUT2D eigenvalue weighted by molar-refractivity contribution is 6.10. The number of benzene rings is 2. The number of hydrogen-bond donors (Lipinski definition) is 0. The molecule has 0 heterocycles. The molecule has 0 fully saturated rings. The van der Waals surface area contributed by atoms with Crippen LogP contribution in [0, 0.1) is 20.8 Å². The van der Waals surface area contributed by atoms with E-state index in [9.17, 15) is 4.79 Å². The van der Waals surface area contributed by atoms with Crippen LogP contribution in [0.3, 0.4) is 0 Å². The first-order valence-corrected chi connectivity index (χ1v) is 5.76. The summed E-state index contributed by atoms with van der Waals surface area (Å²) in [7, 11) is 0. The topological polar surface area (TPSA) is 17.1 Å². The molecule has 2 aromatic carbocycles. The van der Waals surface area contributed by atoms with Crippen molar-refractivity contribution in [3.05, 3.63) is 70.3 Å². The second-order valence-corrected chi connectivity index (χ2v) is 4.52. The van der Waals surface area contributed by atoms with Gasteiger partial charge >= 0.3 is 0 Å². The van der Waals surface area contributed by atoms with Gasteiger partial charge in [-0.15, -0.1) is 0 Å². The van der Waals surface area contributed by atoms with Crippen LogP contribution in [0.15, 0.2) is 42.5 Å². The third-order valence-corrected chi connectivity index (χ3v) is 2.92. The molecule has 0 aliphatic rings. The first kappa shape index (κ1) is 11.6. The lowest BCUT2D eigenvalue weighted by molar-refractivity contribution is 0.103. The highest BCUT2D eigenvalue weighted by Crippen LogP contribution is 2.16. The van der Waals surface area contributed by atoms with E-state index >= 15 is 0 Å². The van der Waals surface area contributed by atoms with E-state index in [0.29, 0.717) is 0 Å². The minimum Gasteiger partial charge on any atom is -0.289 e. The molecule has 0 aliphatic carbocycles. The Labute approximate surface area is 102 Å². The summed E-state index contributed by atoms with van der Waals surface area (Å²) < 4.78 is 0. The standard InChI is InChI=1S/C16H16O/c1-11-5-4-6-14(9-11)16(17)15-10-12(2)7-8-13(15)3/h4-10H,1-3H3. The molecule has 86 valence electrons. The zero-order valence-corrected chi connectivity index (χ0v) is 10.4. The van der Waals surface area contributed by atoms with E-state index in [1.165, 1.54) is 0 Å². The molecule has 0 saturated heterocycles. The van der Waals surface area contributed by atoms with E-state index in [1.807, 2.05) is 63.2 Å². The number of aryl methyl sites for hydroxylation is 3. The molecule has 0 saturated carbocycles.